The minimum Gasteiger partial charge on any atom is -0.374 e. The van der Waals surface area contributed by atoms with Crippen LogP contribution in [0.4, 0.5) is 0 Å². The lowest BCUT2D eigenvalue weighted by molar-refractivity contribution is 0.0174. The molecule has 4 nitrogen and oxygen atoms in total. The normalized spacial score (nSPS) is 24.3. The molecule has 106 valence electrons. The third-order valence-corrected chi connectivity index (χ3v) is 4.24. The van der Waals surface area contributed by atoms with Crippen LogP contribution in [0.2, 0.25) is 0 Å². The first-order valence-corrected chi connectivity index (χ1v) is 8.57. The van der Waals surface area contributed by atoms with Crippen LogP contribution in [0.15, 0.2) is 24.3 Å². The molecule has 1 aliphatic rings. The summed E-state index contributed by atoms with van der Waals surface area (Å²) in [4.78, 5) is 0. The number of hydrogen-bond acceptors (Lipinski definition) is 4. The molecule has 5 heteroatoms. The van der Waals surface area contributed by atoms with Gasteiger partial charge in [-0.15, -0.1) is 0 Å². The summed E-state index contributed by atoms with van der Waals surface area (Å²) in [6.07, 6.45) is 1.94. The fourth-order valence-electron chi connectivity index (χ4n) is 2.25. The van der Waals surface area contributed by atoms with Crippen LogP contribution in [0.5, 0.6) is 0 Å². The molecule has 0 amide bonds. The van der Waals surface area contributed by atoms with Crippen molar-refractivity contribution in [3.63, 3.8) is 0 Å². The van der Waals surface area contributed by atoms with Gasteiger partial charge in [0, 0.05) is 18.8 Å². The minimum absolute atomic E-state index is 0.0945. The Hall–Kier alpha value is -0.910. The van der Waals surface area contributed by atoms with Crippen molar-refractivity contribution < 1.29 is 13.2 Å². The quantitative estimate of drug-likeness (QED) is 0.893. The summed E-state index contributed by atoms with van der Waals surface area (Å²) in [5, 5.41) is 3.37. The van der Waals surface area contributed by atoms with Crippen molar-refractivity contribution in [1.82, 2.24) is 5.32 Å². The van der Waals surface area contributed by atoms with E-state index in [0.717, 1.165) is 6.42 Å². The van der Waals surface area contributed by atoms with Crippen LogP contribution < -0.4 is 5.32 Å². The van der Waals surface area contributed by atoms with E-state index in [-0.39, 0.29) is 17.9 Å². The van der Waals surface area contributed by atoms with E-state index in [1.54, 1.807) is 0 Å². The summed E-state index contributed by atoms with van der Waals surface area (Å²) in [7, 11) is -2.97. The van der Waals surface area contributed by atoms with Crippen molar-refractivity contribution in [2.24, 2.45) is 0 Å². The molecule has 1 saturated heterocycles. The highest BCUT2D eigenvalue weighted by atomic mass is 32.2. The number of rotatable bonds is 4. The Bertz CT molecular complexity index is 502. The van der Waals surface area contributed by atoms with Gasteiger partial charge in [0.25, 0.3) is 0 Å². The van der Waals surface area contributed by atoms with Gasteiger partial charge >= 0.3 is 0 Å². The molecule has 0 spiro atoms. The molecule has 0 saturated carbocycles. The van der Waals surface area contributed by atoms with E-state index >= 15 is 0 Å². The van der Waals surface area contributed by atoms with Gasteiger partial charge in [-0.25, -0.2) is 8.42 Å². The minimum atomic E-state index is -2.97. The number of morpholine rings is 1. The first kappa shape index (κ1) is 14.5. The third kappa shape index (κ3) is 4.93. The molecule has 1 N–H and O–H groups in total. The lowest BCUT2D eigenvalue weighted by Crippen LogP contribution is -2.49. The maximum absolute atomic E-state index is 11.2. The van der Waals surface area contributed by atoms with Crippen molar-refractivity contribution >= 4 is 9.84 Å². The number of ether oxygens (including phenoxy) is 1. The summed E-state index contributed by atoms with van der Waals surface area (Å²) in [6.45, 7) is 3.24. The molecular weight excluding hydrogens is 262 g/mol. The van der Waals surface area contributed by atoms with E-state index in [4.69, 9.17) is 4.74 Å². The second-order valence-electron chi connectivity index (χ2n) is 5.34. The van der Waals surface area contributed by atoms with Crippen molar-refractivity contribution in [2.45, 2.75) is 25.5 Å². The van der Waals surface area contributed by atoms with Crippen molar-refractivity contribution in [3.05, 3.63) is 35.4 Å². The molecule has 0 radical (unpaired) electrons. The van der Waals surface area contributed by atoms with E-state index < -0.39 is 9.84 Å². The van der Waals surface area contributed by atoms with Gasteiger partial charge in [-0.1, -0.05) is 29.8 Å². The second-order valence-corrected chi connectivity index (χ2v) is 7.53. The Kier molecular flexibility index (Phi) is 4.60. The lowest BCUT2D eigenvalue weighted by Gasteiger charge is -2.30. The molecule has 0 aromatic heterocycles. The average Bonchev–Trinajstić information content (AvgIpc) is 2.33. The molecule has 2 atom stereocenters. The standard InChI is InChI=1S/C14H21NO3S/c1-11-3-5-12(6-4-11)7-13-9-18-14(8-15-13)10-19(2,16)17/h3-6,13-15H,7-10H2,1-2H3/t13-,14+/m0/s1. The van der Waals surface area contributed by atoms with E-state index in [1.165, 1.54) is 17.4 Å². The van der Waals surface area contributed by atoms with Gasteiger partial charge in [0.15, 0.2) is 0 Å². The summed E-state index contributed by atoms with van der Waals surface area (Å²) in [6, 6.07) is 8.72. The van der Waals surface area contributed by atoms with Gasteiger partial charge < -0.3 is 10.1 Å². The van der Waals surface area contributed by atoms with Crippen molar-refractivity contribution in [1.29, 1.82) is 0 Å². The zero-order valence-corrected chi connectivity index (χ0v) is 12.2. The van der Waals surface area contributed by atoms with Gasteiger partial charge in [-0.3, -0.25) is 0 Å². The monoisotopic (exact) mass is 283 g/mol. The number of sulfone groups is 1. The highest BCUT2D eigenvalue weighted by molar-refractivity contribution is 7.90. The molecule has 1 fully saturated rings. The molecule has 1 aromatic carbocycles. The Labute approximate surface area is 115 Å². The first-order chi connectivity index (χ1) is 8.92. The van der Waals surface area contributed by atoms with E-state index in [9.17, 15) is 8.42 Å². The van der Waals surface area contributed by atoms with Crippen molar-refractivity contribution in [2.75, 3.05) is 25.2 Å². The van der Waals surface area contributed by atoms with Crippen LogP contribution in [-0.2, 0) is 21.0 Å². The molecule has 2 rings (SSSR count). The van der Waals surface area contributed by atoms with E-state index in [1.807, 2.05) is 0 Å². The molecule has 1 aromatic rings. The number of nitrogens with one attached hydrogen (secondary N) is 1. The Morgan fingerprint density at radius 1 is 1.32 bits per heavy atom. The van der Waals surface area contributed by atoms with Crippen LogP contribution in [0, 0.1) is 6.92 Å². The number of benzene rings is 1. The number of hydrogen-bond donors (Lipinski definition) is 1. The fraction of sp³-hybridized carbons (Fsp3) is 0.571. The summed E-state index contributed by atoms with van der Waals surface area (Å²) in [5.74, 6) is 0.0945. The zero-order valence-electron chi connectivity index (χ0n) is 11.4. The van der Waals surface area contributed by atoms with E-state index in [0.29, 0.717) is 13.2 Å². The van der Waals surface area contributed by atoms with Crippen LogP contribution in [0.3, 0.4) is 0 Å². The molecule has 1 heterocycles. The summed E-state index contributed by atoms with van der Waals surface area (Å²) in [5.41, 5.74) is 2.53. The molecule has 1 aliphatic heterocycles. The second kappa shape index (κ2) is 6.03. The lowest BCUT2D eigenvalue weighted by atomic mass is 10.0. The highest BCUT2D eigenvalue weighted by Crippen LogP contribution is 2.10. The molecule has 0 aliphatic carbocycles. The van der Waals surface area contributed by atoms with Crippen LogP contribution in [-0.4, -0.2) is 45.7 Å². The highest BCUT2D eigenvalue weighted by Gasteiger charge is 2.23. The predicted octanol–water partition coefficient (Wildman–Crippen LogP) is 0.939. The van der Waals surface area contributed by atoms with Crippen LogP contribution in [0.25, 0.3) is 0 Å². The van der Waals surface area contributed by atoms with Gasteiger partial charge in [0.05, 0.1) is 18.5 Å². The first-order valence-electron chi connectivity index (χ1n) is 6.50. The molecule has 19 heavy (non-hydrogen) atoms. The largest absolute Gasteiger partial charge is 0.374 e. The zero-order chi connectivity index (χ0) is 13.9. The predicted molar refractivity (Wildman–Crippen MR) is 76.1 cm³/mol. The van der Waals surface area contributed by atoms with Crippen LogP contribution in [0.1, 0.15) is 11.1 Å². The van der Waals surface area contributed by atoms with Gasteiger partial charge in [-0.05, 0) is 18.9 Å². The van der Waals surface area contributed by atoms with Gasteiger partial charge in [-0.2, -0.15) is 0 Å². The fourth-order valence-corrected chi connectivity index (χ4v) is 3.14. The maximum atomic E-state index is 11.2. The SMILES string of the molecule is Cc1ccc(C[C@H]2CO[C@@H](CS(C)(=O)=O)CN2)cc1. The molecular formula is C14H21NO3S. The van der Waals surface area contributed by atoms with Crippen molar-refractivity contribution in [3.8, 4) is 0 Å². The van der Waals surface area contributed by atoms with Gasteiger partial charge in [0.1, 0.15) is 9.84 Å². The summed E-state index contributed by atoms with van der Waals surface area (Å²) < 4.78 is 28.0. The maximum Gasteiger partial charge on any atom is 0.150 e. The number of aryl methyl sites for hydroxylation is 1. The third-order valence-electron chi connectivity index (χ3n) is 3.26. The topological polar surface area (TPSA) is 55.4 Å². The van der Waals surface area contributed by atoms with Gasteiger partial charge in [0.2, 0.25) is 0 Å². The Balaban J connectivity index is 1.82. The van der Waals surface area contributed by atoms with Crippen LogP contribution >= 0.6 is 0 Å². The summed E-state index contributed by atoms with van der Waals surface area (Å²) >= 11 is 0. The Morgan fingerprint density at radius 3 is 2.53 bits per heavy atom. The molecule has 0 bridgehead atoms. The smallest absolute Gasteiger partial charge is 0.150 e. The average molecular weight is 283 g/mol. The Morgan fingerprint density at radius 2 is 2.00 bits per heavy atom. The molecule has 0 unspecified atom stereocenters. The van der Waals surface area contributed by atoms with E-state index in [2.05, 4.69) is 36.5 Å².